The molecule has 0 fully saturated rings. The molecular formula is C12H22N6O. The van der Waals surface area contributed by atoms with E-state index in [1.165, 1.54) is 0 Å². The lowest BCUT2D eigenvalue weighted by Gasteiger charge is -2.23. The number of hydrogen-bond acceptors (Lipinski definition) is 6. The molecule has 106 valence electrons. The Hall–Kier alpha value is -1.89. The average Bonchev–Trinajstić information content (AvgIpc) is 2.43. The van der Waals surface area contributed by atoms with Gasteiger partial charge in [-0.25, -0.2) is 15.8 Å². The first-order chi connectivity index (χ1) is 9.01. The largest absolute Gasteiger partial charge is 0.347 e. The van der Waals surface area contributed by atoms with Crippen molar-refractivity contribution in [3.8, 4) is 0 Å². The van der Waals surface area contributed by atoms with Crippen molar-refractivity contribution in [1.29, 1.82) is 0 Å². The van der Waals surface area contributed by atoms with E-state index < -0.39 is 0 Å². The molecule has 7 nitrogen and oxygen atoms in total. The number of nitrogen functional groups attached to an aromatic ring is 1. The normalized spacial score (nSPS) is 10.2. The van der Waals surface area contributed by atoms with E-state index in [9.17, 15) is 4.79 Å². The van der Waals surface area contributed by atoms with E-state index in [4.69, 9.17) is 5.84 Å². The fourth-order valence-corrected chi connectivity index (χ4v) is 1.54. The Kier molecular flexibility index (Phi) is 5.50. The number of nitrogens with two attached hydrogens (primary N) is 1. The molecule has 0 atom stereocenters. The molecule has 0 aliphatic carbocycles. The number of anilines is 2. The second kappa shape index (κ2) is 6.89. The molecule has 1 aromatic heterocycles. The number of hydrogen-bond donors (Lipinski definition) is 2. The second-order valence-corrected chi connectivity index (χ2v) is 4.33. The van der Waals surface area contributed by atoms with Crippen LogP contribution in [0.4, 0.5) is 11.6 Å². The van der Waals surface area contributed by atoms with Crippen molar-refractivity contribution in [2.45, 2.75) is 20.3 Å². The van der Waals surface area contributed by atoms with Gasteiger partial charge in [-0.15, -0.1) is 0 Å². The summed E-state index contributed by atoms with van der Waals surface area (Å²) in [7, 11) is 3.47. The van der Waals surface area contributed by atoms with Gasteiger partial charge in [-0.05, 0) is 6.92 Å². The maximum Gasteiger partial charge on any atom is 0.241 e. The number of amides is 1. The van der Waals surface area contributed by atoms with Gasteiger partial charge in [0.1, 0.15) is 17.5 Å². The van der Waals surface area contributed by atoms with Crippen LogP contribution in [0.5, 0.6) is 0 Å². The predicted molar refractivity (Wildman–Crippen MR) is 75.8 cm³/mol. The van der Waals surface area contributed by atoms with Crippen molar-refractivity contribution in [3.63, 3.8) is 0 Å². The first-order valence-corrected chi connectivity index (χ1v) is 6.31. The number of carbonyl (C=O) groups excluding carboxylic acids is 1. The molecule has 0 saturated carbocycles. The van der Waals surface area contributed by atoms with Crippen molar-refractivity contribution >= 4 is 17.5 Å². The number of carbonyl (C=O) groups is 1. The molecule has 0 aromatic carbocycles. The van der Waals surface area contributed by atoms with Crippen LogP contribution in [0.3, 0.4) is 0 Å². The zero-order chi connectivity index (χ0) is 14.4. The summed E-state index contributed by atoms with van der Waals surface area (Å²) in [6.45, 7) is 4.92. The topological polar surface area (TPSA) is 87.4 Å². The highest BCUT2D eigenvalue weighted by atomic mass is 16.2. The highest BCUT2D eigenvalue weighted by molar-refractivity contribution is 5.80. The standard InChI is InChI=1S/C12H22N6O/c1-5-9-14-10(16-13)7-11(15-9)18(6-2)8-12(19)17(3)4/h7H,5-6,8,13H2,1-4H3,(H,14,15,16). The number of nitrogens with zero attached hydrogens (tertiary/aromatic N) is 4. The summed E-state index contributed by atoms with van der Waals surface area (Å²) in [5.41, 5.74) is 2.52. The van der Waals surface area contributed by atoms with Gasteiger partial charge >= 0.3 is 0 Å². The van der Waals surface area contributed by atoms with Crippen LogP contribution in [0.1, 0.15) is 19.7 Å². The summed E-state index contributed by atoms with van der Waals surface area (Å²) in [5, 5.41) is 0. The van der Waals surface area contributed by atoms with E-state index in [0.717, 1.165) is 0 Å². The van der Waals surface area contributed by atoms with E-state index in [0.29, 0.717) is 30.4 Å². The van der Waals surface area contributed by atoms with Crippen LogP contribution in [0.25, 0.3) is 0 Å². The lowest BCUT2D eigenvalue weighted by molar-refractivity contribution is -0.127. The van der Waals surface area contributed by atoms with Gasteiger partial charge in [0.15, 0.2) is 0 Å². The molecule has 1 rings (SSSR count). The molecule has 0 saturated heterocycles. The van der Waals surface area contributed by atoms with Gasteiger partial charge in [-0.1, -0.05) is 6.92 Å². The molecule has 0 spiro atoms. The third-order valence-electron chi connectivity index (χ3n) is 2.75. The first kappa shape index (κ1) is 15.2. The van der Waals surface area contributed by atoms with Gasteiger partial charge < -0.3 is 15.2 Å². The quantitative estimate of drug-likeness (QED) is 0.566. The first-order valence-electron chi connectivity index (χ1n) is 6.31. The SMILES string of the molecule is CCc1nc(NN)cc(N(CC)CC(=O)N(C)C)n1. The molecule has 1 aromatic rings. The highest BCUT2D eigenvalue weighted by Gasteiger charge is 2.14. The van der Waals surface area contributed by atoms with Gasteiger partial charge in [-0.2, -0.15) is 0 Å². The molecule has 0 aliphatic heterocycles. The van der Waals surface area contributed by atoms with Crippen molar-refractivity contribution < 1.29 is 4.79 Å². The number of aryl methyl sites for hydroxylation is 1. The van der Waals surface area contributed by atoms with Crippen molar-refractivity contribution in [3.05, 3.63) is 11.9 Å². The van der Waals surface area contributed by atoms with E-state index in [1.54, 1.807) is 25.1 Å². The Morgan fingerprint density at radius 2 is 2.05 bits per heavy atom. The molecule has 1 amide bonds. The zero-order valence-electron chi connectivity index (χ0n) is 12.0. The summed E-state index contributed by atoms with van der Waals surface area (Å²) in [6, 6.07) is 1.74. The lowest BCUT2D eigenvalue weighted by Crippen LogP contribution is -2.37. The van der Waals surface area contributed by atoms with Crippen molar-refractivity contribution in [1.82, 2.24) is 14.9 Å². The molecule has 3 N–H and O–H groups in total. The van der Waals surface area contributed by atoms with Gasteiger partial charge in [0.25, 0.3) is 0 Å². The minimum Gasteiger partial charge on any atom is -0.347 e. The maximum atomic E-state index is 11.8. The maximum absolute atomic E-state index is 11.8. The predicted octanol–water partition coefficient (Wildman–Crippen LogP) is 0.239. The van der Waals surface area contributed by atoms with Crippen molar-refractivity contribution in [2.75, 3.05) is 37.5 Å². The van der Waals surface area contributed by atoms with E-state index >= 15 is 0 Å². The van der Waals surface area contributed by atoms with Gasteiger partial charge in [0.05, 0.1) is 6.54 Å². The molecule has 0 bridgehead atoms. The van der Waals surface area contributed by atoms with Gasteiger partial charge in [-0.3, -0.25) is 4.79 Å². The molecule has 0 unspecified atom stereocenters. The third-order valence-corrected chi connectivity index (χ3v) is 2.75. The molecular weight excluding hydrogens is 244 g/mol. The molecule has 7 heteroatoms. The Morgan fingerprint density at radius 3 is 2.53 bits per heavy atom. The molecule has 1 heterocycles. The number of rotatable bonds is 6. The summed E-state index contributed by atoms with van der Waals surface area (Å²) in [5.74, 6) is 7.38. The van der Waals surface area contributed by atoms with Crippen LogP contribution in [0.2, 0.25) is 0 Å². The Bertz CT molecular complexity index is 412. The highest BCUT2D eigenvalue weighted by Crippen LogP contribution is 2.15. The third kappa shape index (κ3) is 4.06. The minimum atomic E-state index is 0.0285. The number of aromatic nitrogens is 2. The average molecular weight is 266 g/mol. The van der Waals surface area contributed by atoms with Crippen molar-refractivity contribution in [2.24, 2.45) is 5.84 Å². The van der Waals surface area contributed by atoms with Crippen LogP contribution < -0.4 is 16.2 Å². The summed E-state index contributed by atoms with van der Waals surface area (Å²) < 4.78 is 0. The van der Waals surface area contributed by atoms with Gasteiger partial charge in [0.2, 0.25) is 5.91 Å². The molecule has 0 aliphatic rings. The monoisotopic (exact) mass is 266 g/mol. The summed E-state index contributed by atoms with van der Waals surface area (Å²) in [6.07, 6.45) is 0.710. The van der Waals surface area contributed by atoms with Crippen LogP contribution in [-0.4, -0.2) is 48.0 Å². The van der Waals surface area contributed by atoms with Gasteiger partial charge in [0, 0.05) is 33.1 Å². The van der Waals surface area contributed by atoms with Crippen LogP contribution in [0.15, 0.2) is 6.07 Å². The zero-order valence-corrected chi connectivity index (χ0v) is 12.0. The fraction of sp³-hybridized carbons (Fsp3) is 0.583. The van der Waals surface area contributed by atoms with Crippen LogP contribution in [-0.2, 0) is 11.2 Å². The number of hydrazine groups is 1. The number of nitrogens with one attached hydrogen (secondary N) is 1. The van der Waals surface area contributed by atoms with E-state index in [2.05, 4.69) is 15.4 Å². The van der Waals surface area contributed by atoms with E-state index in [1.807, 2.05) is 18.7 Å². The van der Waals surface area contributed by atoms with Crippen LogP contribution in [0, 0.1) is 0 Å². The fourth-order valence-electron chi connectivity index (χ4n) is 1.54. The summed E-state index contributed by atoms with van der Waals surface area (Å²) >= 11 is 0. The number of likely N-dealkylation sites (N-methyl/N-ethyl adjacent to an activating group) is 2. The summed E-state index contributed by atoms with van der Waals surface area (Å²) in [4.78, 5) is 23.9. The second-order valence-electron chi connectivity index (χ2n) is 4.33. The smallest absolute Gasteiger partial charge is 0.241 e. The Labute approximate surface area is 113 Å². The van der Waals surface area contributed by atoms with Crippen LogP contribution >= 0.6 is 0 Å². The Morgan fingerprint density at radius 1 is 1.37 bits per heavy atom. The lowest BCUT2D eigenvalue weighted by atomic mass is 10.3. The molecule has 0 radical (unpaired) electrons. The molecule has 19 heavy (non-hydrogen) atoms. The Balaban J connectivity index is 3.00. The minimum absolute atomic E-state index is 0.0285. The van der Waals surface area contributed by atoms with E-state index in [-0.39, 0.29) is 12.5 Å².